The van der Waals surface area contributed by atoms with Gasteiger partial charge in [-0.3, -0.25) is 0 Å². The van der Waals surface area contributed by atoms with Crippen LogP contribution in [0.3, 0.4) is 0 Å². The molecule has 1 heterocycles. The Balaban J connectivity index is 2.01. The Morgan fingerprint density at radius 2 is 2.00 bits per heavy atom. The number of carbonyl (C=O) groups excluding carboxylic acids is 1. The molecule has 0 amide bonds. The lowest BCUT2D eigenvalue weighted by Crippen LogP contribution is -2.34. The Kier molecular flexibility index (Phi) is 3.74. The standard InChI is InChI=1S/C14H10N2O3/c15-9-11-4-6-12(7-5-11)10-19-14(17)13-3-1-2-8-16(13)18/h1-8H,10H2. The van der Waals surface area contributed by atoms with Crippen LogP contribution in [0, 0.1) is 16.5 Å². The molecule has 0 radical (unpaired) electrons. The van der Waals surface area contributed by atoms with Crippen LogP contribution in [-0.4, -0.2) is 5.97 Å². The molecule has 0 N–H and O–H groups in total. The average molecular weight is 254 g/mol. The van der Waals surface area contributed by atoms with Gasteiger partial charge < -0.3 is 9.94 Å². The van der Waals surface area contributed by atoms with Gasteiger partial charge in [0.1, 0.15) is 6.61 Å². The summed E-state index contributed by atoms with van der Waals surface area (Å²) in [7, 11) is 0. The van der Waals surface area contributed by atoms with Crippen LogP contribution in [-0.2, 0) is 11.3 Å². The van der Waals surface area contributed by atoms with Crippen molar-refractivity contribution in [3.05, 3.63) is 70.7 Å². The van der Waals surface area contributed by atoms with E-state index in [0.717, 1.165) is 5.56 Å². The highest BCUT2D eigenvalue weighted by molar-refractivity contribution is 5.85. The fourth-order valence-electron chi connectivity index (χ4n) is 1.48. The molecular formula is C14H10N2O3. The van der Waals surface area contributed by atoms with E-state index in [0.29, 0.717) is 10.3 Å². The number of carbonyl (C=O) groups is 1. The van der Waals surface area contributed by atoms with Gasteiger partial charge in [0.2, 0.25) is 0 Å². The third-order valence-corrected chi connectivity index (χ3v) is 2.49. The third-order valence-electron chi connectivity index (χ3n) is 2.49. The van der Waals surface area contributed by atoms with Gasteiger partial charge in [0.15, 0.2) is 6.20 Å². The molecule has 5 nitrogen and oxygen atoms in total. The zero-order valence-corrected chi connectivity index (χ0v) is 9.95. The molecular weight excluding hydrogens is 244 g/mol. The maximum atomic E-state index is 11.7. The minimum atomic E-state index is -0.681. The second kappa shape index (κ2) is 5.65. The fourth-order valence-corrected chi connectivity index (χ4v) is 1.48. The second-order valence-corrected chi connectivity index (χ2v) is 3.80. The molecule has 19 heavy (non-hydrogen) atoms. The average Bonchev–Trinajstić information content (AvgIpc) is 2.46. The van der Waals surface area contributed by atoms with Crippen LogP contribution < -0.4 is 4.73 Å². The minimum Gasteiger partial charge on any atom is -0.618 e. The first-order chi connectivity index (χ1) is 9.20. The number of hydrogen-bond donors (Lipinski definition) is 0. The Bertz CT molecular complexity index is 630. The Labute approximate surface area is 109 Å². The van der Waals surface area contributed by atoms with E-state index < -0.39 is 5.97 Å². The molecule has 0 atom stereocenters. The number of hydrogen-bond acceptors (Lipinski definition) is 4. The van der Waals surface area contributed by atoms with Gasteiger partial charge in [-0.15, -0.1) is 0 Å². The van der Waals surface area contributed by atoms with Crippen LogP contribution in [0.1, 0.15) is 21.6 Å². The highest BCUT2D eigenvalue weighted by Gasteiger charge is 2.16. The zero-order chi connectivity index (χ0) is 13.7. The molecule has 0 aliphatic carbocycles. The number of pyridine rings is 1. The van der Waals surface area contributed by atoms with Crippen molar-refractivity contribution in [1.29, 1.82) is 5.26 Å². The molecule has 1 aromatic heterocycles. The summed E-state index contributed by atoms with van der Waals surface area (Å²) < 4.78 is 5.49. The fraction of sp³-hybridized carbons (Fsp3) is 0.0714. The normalized spacial score (nSPS) is 9.63. The third kappa shape index (κ3) is 3.07. The van der Waals surface area contributed by atoms with Gasteiger partial charge in [0.25, 0.3) is 0 Å². The van der Waals surface area contributed by atoms with Crippen molar-refractivity contribution in [3.8, 4) is 6.07 Å². The van der Waals surface area contributed by atoms with Gasteiger partial charge >= 0.3 is 11.7 Å². The summed E-state index contributed by atoms with van der Waals surface area (Å²) in [6.45, 7) is 0.0550. The number of ether oxygens (including phenoxy) is 1. The number of nitriles is 1. The summed E-state index contributed by atoms with van der Waals surface area (Å²) in [6, 6.07) is 13.2. The minimum absolute atomic E-state index is 0.0550. The number of esters is 1. The van der Waals surface area contributed by atoms with Crippen LogP contribution >= 0.6 is 0 Å². The van der Waals surface area contributed by atoms with Crippen LogP contribution in [0.15, 0.2) is 48.7 Å². The number of aromatic nitrogens is 1. The molecule has 0 saturated carbocycles. The Morgan fingerprint density at radius 1 is 1.26 bits per heavy atom. The number of nitrogens with zero attached hydrogens (tertiary/aromatic N) is 2. The molecule has 2 aromatic rings. The van der Waals surface area contributed by atoms with Gasteiger partial charge in [-0.1, -0.05) is 12.1 Å². The van der Waals surface area contributed by atoms with E-state index >= 15 is 0 Å². The predicted octanol–water partition coefficient (Wildman–Crippen LogP) is 1.55. The molecule has 5 heteroatoms. The van der Waals surface area contributed by atoms with Gasteiger partial charge in [-0.2, -0.15) is 9.99 Å². The van der Waals surface area contributed by atoms with Gasteiger partial charge in [0.05, 0.1) is 11.6 Å². The molecule has 0 aliphatic rings. The van der Waals surface area contributed by atoms with Gasteiger partial charge in [-0.05, 0) is 23.8 Å². The molecule has 0 aliphatic heterocycles. The van der Waals surface area contributed by atoms with Crippen LogP contribution in [0.25, 0.3) is 0 Å². The molecule has 0 spiro atoms. The maximum Gasteiger partial charge on any atom is 0.405 e. The molecule has 94 valence electrons. The van der Waals surface area contributed by atoms with Crippen LogP contribution in [0.5, 0.6) is 0 Å². The monoisotopic (exact) mass is 254 g/mol. The maximum absolute atomic E-state index is 11.7. The first-order valence-electron chi connectivity index (χ1n) is 5.55. The molecule has 0 bridgehead atoms. The highest BCUT2D eigenvalue weighted by Crippen LogP contribution is 2.06. The van der Waals surface area contributed by atoms with E-state index in [-0.39, 0.29) is 12.3 Å². The van der Waals surface area contributed by atoms with Crippen molar-refractivity contribution >= 4 is 5.97 Å². The van der Waals surface area contributed by atoms with Crippen molar-refractivity contribution in [2.24, 2.45) is 0 Å². The SMILES string of the molecule is N#Cc1ccc(COC(=O)c2cccc[n+]2[O-])cc1. The van der Waals surface area contributed by atoms with Crippen molar-refractivity contribution in [2.75, 3.05) is 0 Å². The van der Waals surface area contributed by atoms with Crippen LogP contribution in [0.2, 0.25) is 0 Å². The second-order valence-electron chi connectivity index (χ2n) is 3.80. The summed E-state index contributed by atoms with van der Waals surface area (Å²) in [5.41, 5.74) is 1.23. The lowest BCUT2D eigenvalue weighted by atomic mass is 10.2. The summed E-state index contributed by atoms with van der Waals surface area (Å²) in [4.78, 5) is 11.7. The van der Waals surface area contributed by atoms with Gasteiger partial charge in [-0.25, -0.2) is 4.79 Å². The molecule has 2 rings (SSSR count). The van der Waals surface area contributed by atoms with E-state index in [1.54, 1.807) is 30.3 Å². The van der Waals surface area contributed by atoms with Crippen molar-refractivity contribution in [3.63, 3.8) is 0 Å². The number of benzene rings is 1. The predicted molar refractivity (Wildman–Crippen MR) is 65.7 cm³/mol. The van der Waals surface area contributed by atoms with E-state index in [1.165, 1.54) is 18.3 Å². The van der Waals surface area contributed by atoms with E-state index in [1.807, 2.05) is 6.07 Å². The van der Waals surface area contributed by atoms with Crippen LogP contribution in [0.4, 0.5) is 0 Å². The van der Waals surface area contributed by atoms with E-state index in [9.17, 15) is 10.0 Å². The largest absolute Gasteiger partial charge is 0.618 e. The molecule has 1 aromatic carbocycles. The molecule has 0 unspecified atom stereocenters. The summed E-state index contributed by atoms with van der Waals surface area (Å²) >= 11 is 0. The first kappa shape index (κ1) is 12.6. The van der Waals surface area contributed by atoms with Gasteiger partial charge in [0, 0.05) is 12.1 Å². The topological polar surface area (TPSA) is 77.0 Å². The Morgan fingerprint density at radius 3 is 2.63 bits per heavy atom. The van der Waals surface area contributed by atoms with E-state index in [2.05, 4.69) is 0 Å². The summed E-state index contributed by atoms with van der Waals surface area (Å²) in [6.07, 6.45) is 1.23. The quantitative estimate of drug-likeness (QED) is 0.473. The van der Waals surface area contributed by atoms with Crippen molar-refractivity contribution < 1.29 is 14.3 Å². The summed E-state index contributed by atoms with van der Waals surface area (Å²) in [5, 5.41) is 20.0. The first-order valence-corrected chi connectivity index (χ1v) is 5.55. The van der Waals surface area contributed by atoms with Crippen molar-refractivity contribution in [2.45, 2.75) is 6.61 Å². The van der Waals surface area contributed by atoms with Crippen molar-refractivity contribution in [1.82, 2.24) is 0 Å². The lowest BCUT2D eigenvalue weighted by molar-refractivity contribution is -0.608. The van der Waals surface area contributed by atoms with E-state index in [4.69, 9.17) is 10.00 Å². The molecule has 0 fully saturated rings. The number of rotatable bonds is 3. The lowest BCUT2D eigenvalue weighted by Gasteiger charge is -2.05. The smallest absolute Gasteiger partial charge is 0.405 e. The Hall–Kier alpha value is -2.87. The highest BCUT2D eigenvalue weighted by atomic mass is 16.5. The molecule has 0 saturated heterocycles. The summed E-state index contributed by atoms with van der Waals surface area (Å²) in [5.74, 6) is -0.681. The zero-order valence-electron chi connectivity index (χ0n) is 9.95.